The van der Waals surface area contributed by atoms with Crippen LogP contribution >= 0.6 is 0 Å². The summed E-state index contributed by atoms with van der Waals surface area (Å²) in [6.45, 7) is 2.58. The molecule has 2 aliphatic heterocycles. The zero-order chi connectivity index (χ0) is 13.2. The molecule has 0 aromatic heterocycles. The number of fused-ring (bicyclic) bond motifs is 1. The van der Waals surface area contributed by atoms with Crippen molar-refractivity contribution in [1.29, 1.82) is 0 Å². The van der Waals surface area contributed by atoms with Gasteiger partial charge in [0.05, 0.1) is 19.2 Å². The van der Waals surface area contributed by atoms with E-state index >= 15 is 0 Å². The minimum Gasteiger partial charge on any atom is -0.465 e. The standard InChI is InChI=1S/C14H18N2O3/c17-14(18)16-6-4-10-2-1-3-13(12(10)8-16)15-11-5-7-19-9-11/h1-3,11,15H,4-9H2,(H,17,18). The van der Waals surface area contributed by atoms with Crippen LogP contribution in [0.15, 0.2) is 18.2 Å². The SMILES string of the molecule is O=C(O)N1CCc2cccc(NC3CCOC3)c2C1. The van der Waals surface area contributed by atoms with Crippen LogP contribution in [0, 0.1) is 0 Å². The number of ether oxygens (including phenoxy) is 1. The number of carboxylic acid groups (broad SMARTS) is 1. The van der Waals surface area contributed by atoms with Crippen molar-refractivity contribution in [2.24, 2.45) is 0 Å². The lowest BCUT2D eigenvalue weighted by Gasteiger charge is -2.29. The van der Waals surface area contributed by atoms with Crippen LogP contribution in [0.5, 0.6) is 0 Å². The van der Waals surface area contributed by atoms with Crippen molar-refractivity contribution in [3.8, 4) is 0 Å². The quantitative estimate of drug-likeness (QED) is 0.855. The van der Waals surface area contributed by atoms with E-state index in [1.807, 2.05) is 12.1 Å². The Morgan fingerprint density at radius 3 is 3.11 bits per heavy atom. The van der Waals surface area contributed by atoms with Gasteiger partial charge in [-0.1, -0.05) is 12.1 Å². The van der Waals surface area contributed by atoms with Crippen LogP contribution in [0.25, 0.3) is 0 Å². The zero-order valence-electron chi connectivity index (χ0n) is 10.8. The van der Waals surface area contributed by atoms with E-state index in [9.17, 15) is 4.79 Å². The van der Waals surface area contributed by atoms with Gasteiger partial charge in [-0.2, -0.15) is 0 Å². The monoisotopic (exact) mass is 262 g/mol. The lowest BCUT2D eigenvalue weighted by Crippen LogP contribution is -2.35. The maximum Gasteiger partial charge on any atom is 0.407 e. The highest BCUT2D eigenvalue weighted by Crippen LogP contribution is 2.27. The highest BCUT2D eigenvalue weighted by atomic mass is 16.5. The minimum absolute atomic E-state index is 0.340. The van der Waals surface area contributed by atoms with Crippen molar-refractivity contribution < 1.29 is 14.6 Å². The number of rotatable bonds is 2. The molecule has 1 aromatic carbocycles. The fourth-order valence-corrected chi connectivity index (χ4v) is 2.75. The molecule has 2 aliphatic rings. The second-order valence-corrected chi connectivity index (χ2v) is 5.10. The second kappa shape index (κ2) is 5.09. The van der Waals surface area contributed by atoms with Gasteiger partial charge in [0.2, 0.25) is 0 Å². The molecular formula is C14H18N2O3. The Labute approximate surface area is 112 Å². The third-order valence-corrected chi connectivity index (χ3v) is 3.83. The Kier molecular flexibility index (Phi) is 3.29. The topological polar surface area (TPSA) is 61.8 Å². The highest BCUT2D eigenvalue weighted by Gasteiger charge is 2.23. The summed E-state index contributed by atoms with van der Waals surface area (Å²) < 4.78 is 5.37. The summed E-state index contributed by atoms with van der Waals surface area (Å²) in [4.78, 5) is 12.6. The van der Waals surface area contributed by atoms with Gasteiger partial charge in [0, 0.05) is 18.8 Å². The van der Waals surface area contributed by atoms with Crippen LogP contribution in [0.3, 0.4) is 0 Å². The minimum atomic E-state index is -0.843. The van der Waals surface area contributed by atoms with Gasteiger partial charge < -0.3 is 20.1 Å². The van der Waals surface area contributed by atoms with Crippen LogP contribution in [0.1, 0.15) is 17.5 Å². The Balaban J connectivity index is 1.83. The van der Waals surface area contributed by atoms with E-state index in [1.165, 1.54) is 10.5 Å². The van der Waals surface area contributed by atoms with Gasteiger partial charge in [-0.15, -0.1) is 0 Å². The van der Waals surface area contributed by atoms with E-state index in [0.29, 0.717) is 19.1 Å². The number of nitrogens with zero attached hydrogens (tertiary/aromatic N) is 1. The molecule has 5 nitrogen and oxygen atoms in total. The van der Waals surface area contributed by atoms with E-state index in [-0.39, 0.29) is 0 Å². The highest BCUT2D eigenvalue weighted by molar-refractivity contribution is 5.67. The molecule has 3 rings (SSSR count). The molecule has 2 heterocycles. The number of amides is 1. The first-order valence-electron chi connectivity index (χ1n) is 6.67. The predicted octanol–water partition coefficient (Wildman–Crippen LogP) is 1.92. The van der Waals surface area contributed by atoms with Crippen LogP contribution in [-0.2, 0) is 17.7 Å². The first kappa shape index (κ1) is 12.3. The fraction of sp³-hybridized carbons (Fsp3) is 0.500. The molecule has 0 saturated carbocycles. The molecule has 19 heavy (non-hydrogen) atoms. The summed E-state index contributed by atoms with van der Waals surface area (Å²) in [6.07, 6.45) is 0.953. The molecule has 1 aromatic rings. The third kappa shape index (κ3) is 2.51. The number of nitrogens with one attached hydrogen (secondary N) is 1. The summed E-state index contributed by atoms with van der Waals surface area (Å²) in [5.74, 6) is 0. The van der Waals surface area contributed by atoms with E-state index in [0.717, 1.165) is 37.3 Å². The summed E-state index contributed by atoms with van der Waals surface area (Å²) in [6, 6.07) is 6.49. The largest absolute Gasteiger partial charge is 0.465 e. The number of anilines is 1. The van der Waals surface area contributed by atoms with Gasteiger partial charge in [0.1, 0.15) is 0 Å². The molecule has 2 N–H and O–H groups in total. The van der Waals surface area contributed by atoms with E-state index in [2.05, 4.69) is 11.4 Å². The molecule has 0 bridgehead atoms. The van der Waals surface area contributed by atoms with Gasteiger partial charge >= 0.3 is 6.09 Å². The molecule has 0 radical (unpaired) electrons. The second-order valence-electron chi connectivity index (χ2n) is 5.10. The molecule has 5 heteroatoms. The molecule has 1 saturated heterocycles. The lowest BCUT2D eigenvalue weighted by atomic mass is 9.98. The normalized spacial score (nSPS) is 22.1. The molecule has 102 valence electrons. The summed E-state index contributed by atoms with van der Waals surface area (Å²) in [7, 11) is 0. The summed E-state index contributed by atoms with van der Waals surface area (Å²) in [5, 5.41) is 12.6. The van der Waals surface area contributed by atoms with E-state index in [4.69, 9.17) is 9.84 Å². The first-order chi connectivity index (χ1) is 9.24. The van der Waals surface area contributed by atoms with Crippen molar-refractivity contribution in [1.82, 2.24) is 4.90 Å². The van der Waals surface area contributed by atoms with E-state index < -0.39 is 6.09 Å². The molecule has 0 spiro atoms. The van der Waals surface area contributed by atoms with Crippen LogP contribution in [-0.4, -0.2) is 41.9 Å². The van der Waals surface area contributed by atoms with Crippen LogP contribution < -0.4 is 5.32 Å². The van der Waals surface area contributed by atoms with Gasteiger partial charge in [-0.05, 0) is 30.0 Å². The maximum absolute atomic E-state index is 11.1. The average molecular weight is 262 g/mol. The predicted molar refractivity (Wildman–Crippen MR) is 71.4 cm³/mol. The van der Waals surface area contributed by atoms with Crippen molar-refractivity contribution in [2.45, 2.75) is 25.4 Å². The number of carbonyl (C=O) groups is 1. The van der Waals surface area contributed by atoms with Gasteiger partial charge in [-0.25, -0.2) is 4.79 Å². The first-order valence-corrected chi connectivity index (χ1v) is 6.67. The molecule has 0 aliphatic carbocycles. The zero-order valence-corrected chi connectivity index (χ0v) is 10.8. The number of hydrogen-bond acceptors (Lipinski definition) is 3. The molecule has 1 fully saturated rings. The number of hydrogen-bond donors (Lipinski definition) is 2. The van der Waals surface area contributed by atoms with Gasteiger partial charge in [0.25, 0.3) is 0 Å². The van der Waals surface area contributed by atoms with Crippen LogP contribution in [0.2, 0.25) is 0 Å². The maximum atomic E-state index is 11.1. The van der Waals surface area contributed by atoms with Crippen molar-refractivity contribution in [3.63, 3.8) is 0 Å². The lowest BCUT2D eigenvalue weighted by molar-refractivity contribution is 0.140. The van der Waals surface area contributed by atoms with Crippen LogP contribution in [0.4, 0.5) is 10.5 Å². The Morgan fingerprint density at radius 2 is 2.37 bits per heavy atom. The molecule has 1 atom stereocenters. The Morgan fingerprint density at radius 1 is 1.47 bits per heavy atom. The Bertz CT molecular complexity index is 484. The average Bonchev–Trinajstić information content (AvgIpc) is 2.91. The van der Waals surface area contributed by atoms with Gasteiger partial charge in [0.15, 0.2) is 0 Å². The van der Waals surface area contributed by atoms with Crippen molar-refractivity contribution in [3.05, 3.63) is 29.3 Å². The summed E-state index contributed by atoms with van der Waals surface area (Å²) >= 11 is 0. The molecule has 1 unspecified atom stereocenters. The van der Waals surface area contributed by atoms with Gasteiger partial charge in [-0.3, -0.25) is 0 Å². The van der Waals surface area contributed by atoms with E-state index in [1.54, 1.807) is 0 Å². The fourth-order valence-electron chi connectivity index (χ4n) is 2.75. The molecular weight excluding hydrogens is 244 g/mol. The van der Waals surface area contributed by atoms with Crippen molar-refractivity contribution >= 4 is 11.8 Å². The van der Waals surface area contributed by atoms with Crippen molar-refractivity contribution in [2.75, 3.05) is 25.1 Å². The third-order valence-electron chi connectivity index (χ3n) is 3.83. The summed E-state index contributed by atoms with van der Waals surface area (Å²) in [5.41, 5.74) is 3.42. The smallest absolute Gasteiger partial charge is 0.407 e. The number of benzene rings is 1. The Hall–Kier alpha value is -1.75. The molecule has 1 amide bonds.